The molecule has 0 saturated heterocycles. The molecule has 2 atom stereocenters. The zero-order valence-electron chi connectivity index (χ0n) is 14.6. The summed E-state index contributed by atoms with van der Waals surface area (Å²) in [5.74, 6) is -0.411. The van der Waals surface area contributed by atoms with Crippen LogP contribution in [0.2, 0.25) is 0 Å². The molecule has 3 nitrogen and oxygen atoms in total. The Morgan fingerprint density at radius 1 is 1.04 bits per heavy atom. The van der Waals surface area contributed by atoms with E-state index in [1.807, 2.05) is 64.1 Å². The van der Waals surface area contributed by atoms with Gasteiger partial charge < -0.3 is 5.11 Å². The van der Waals surface area contributed by atoms with Crippen LogP contribution in [0.25, 0.3) is 0 Å². The summed E-state index contributed by atoms with van der Waals surface area (Å²) < 4.78 is 25.8. The van der Waals surface area contributed by atoms with Crippen molar-refractivity contribution in [3.63, 3.8) is 0 Å². The summed E-state index contributed by atoms with van der Waals surface area (Å²) in [5, 5.41) is 11.1. The van der Waals surface area contributed by atoms with Crippen LogP contribution in [0.3, 0.4) is 0 Å². The van der Waals surface area contributed by atoms with Crippen molar-refractivity contribution in [2.24, 2.45) is 5.41 Å². The summed E-state index contributed by atoms with van der Waals surface area (Å²) in [5.41, 5.74) is 3.02. The zero-order valence-corrected chi connectivity index (χ0v) is 15.4. The van der Waals surface area contributed by atoms with Crippen LogP contribution in [0.4, 0.5) is 0 Å². The highest BCUT2D eigenvalue weighted by molar-refractivity contribution is 7.91. The van der Waals surface area contributed by atoms with E-state index in [9.17, 15) is 13.5 Å². The average Bonchev–Trinajstić information content (AvgIpc) is 2.51. The molecule has 3 rings (SSSR count). The Bertz CT molecular complexity index is 882. The lowest BCUT2D eigenvalue weighted by Crippen LogP contribution is -2.38. The van der Waals surface area contributed by atoms with Crippen LogP contribution in [0.5, 0.6) is 0 Å². The van der Waals surface area contributed by atoms with Crippen molar-refractivity contribution in [3.05, 3.63) is 64.7 Å². The van der Waals surface area contributed by atoms with Gasteiger partial charge in [0.2, 0.25) is 0 Å². The Hall–Kier alpha value is -1.65. The van der Waals surface area contributed by atoms with Gasteiger partial charge in [0.1, 0.15) is 0 Å². The maximum atomic E-state index is 12.9. The molecule has 0 spiro atoms. The van der Waals surface area contributed by atoms with Gasteiger partial charge in [0, 0.05) is 11.3 Å². The molecule has 0 fully saturated rings. The Labute approximate surface area is 144 Å². The van der Waals surface area contributed by atoms with Gasteiger partial charge in [0.15, 0.2) is 9.84 Å². The molecule has 128 valence electrons. The minimum Gasteiger partial charge on any atom is -0.392 e. The van der Waals surface area contributed by atoms with Gasteiger partial charge in [-0.3, -0.25) is 0 Å². The summed E-state index contributed by atoms with van der Waals surface area (Å²) >= 11 is 0. The largest absolute Gasteiger partial charge is 0.392 e. The monoisotopic (exact) mass is 344 g/mol. The molecule has 0 amide bonds. The standard InChI is InChI=1S/C20H24O3S/c1-13-6-5-7-15(10-13)18-16-11-14(2)8-9-17(16)24(22,23)12-20(3,4)19(18)21/h5-11,18-19,21H,12H2,1-4H3/t18-,19-/m1/s1. The maximum Gasteiger partial charge on any atom is 0.179 e. The molecule has 2 aromatic rings. The van der Waals surface area contributed by atoms with Gasteiger partial charge in [-0.2, -0.15) is 0 Å². The van der Waals surface area contributed by atoms with Gasteiger partial charge in [0.05, 0.1) is 16.8 Å². The average molecular weight is 344 g/mol. The molecule has 24 heavy (non-hydrogen) atoms. The summed E-state index contributed by atoms with van der Waals surface area (Å²) in [6, 6.07) is 13.4. The molecular weight excluding hydrogens is 320 g/mol. The first kappa shape index (κ1) is 17.2. The van der Waals surface area contributed by atoms with Crippen LogP contribution in [-0.4, -0.2) is 25.4 Å². The molecule has 2 aromatic carbocycles. The molecule has 1 aliphatic rings. The first-order valence-corrected chi connectivity index (χ1v) is 9.85. The van der Waals surface area contributed by atoms with Crippen LogP contribution in [0.15, 0.2) is 47.4 Å². The molecule has 1 N–H and O–H groups in total. The molecule has 0 unspecified atom stereocenters. The first-order chi connectivity index (χ1) is 11.1. The van der Waals surface area contributed by atoms with Crippen molar-refractivity contribution in [1.82, 2.24) is 0 Å². The minimum atomic E-state index is -3.45. The summed E-state index contributed by atoms with van der Waals surface area (Å²) in [6.07, 6.45) is -0.780. The normalized spacial score (nSPS) is 24.9. The van der Waals surface area contributed by atoms with E-state index in [1.54, 1.807) is 6.07 Å². The molecule has 0 saturated carbocycles. The minimum absolute atomic E-state index is 0.0560. The van der Waals surface area contributed by atoms with Crippen molar-refractivity contribution in [2.75, 3.05) is 5.75 Å². The fourth-order valence-electron chi connectivity index (χ4n) is 3.69. The fourth-order valence-corrected chi connectivity index (χ4v) is 5.82. The van der Waals surface area contributed by atoms with Gasteiger partial charge in [-0.25, -0.2) is 8.42 Å². The van der Waals surface area contributed by atoms with Crippen LogP contribution in [-0.2, 0) is 9.84 Å². The van der Waals surface area contributed by atoms with E-state index in [-0.39, 0.29) is 11.7 Å². The van der Waals surface area contributed by atoms with Crippen molar-refractivity contribution in [2.45, 2.75) is 44.6 Å². The van der Waals surface area contributed by atoms with Crippen LogP contribution in [0.1, 0.15) is 42.0 Å². The van der Waals surface area contributed by atoms with Crippen molar-refractivity contribution >= 4 is 9.84 Å². The van der Waals surface area contributed by atoms with Crippen molar-refractivity contribution in [1.29, 1.82) is 0 Å². The summed E-state index contributed by atoms with van der Waals surface area (Å²) in [7, 11) is -3.45. The van der Waals surface area contributed by atoms with E-state index in [0.29, 0.717) is 10.5 Å². The number of rotatable bonds is 1. The Balaban J connectivity index is 2.34. The van der Waals surface area contributed by atoms with Crippen LogP contribution >= 0.6 is 0 Å². The van der Waals surface area contributed by atoms with Crippen molar-refractivity contribution in [3.8, 4) is 0 Å². The lowest BCUT2D eigenvalue weighted by atomic mass is 9.75. The number of aliphatic hydroxyl groups excluding tert-OH is 1. The third-order valence-electron chi connectivity index (χ3n) is 4.92. The molecule has 0 aliphatic carbocycles. The Kier molecular flexibility index (Phi) is 4.09. The highest BCUT2D eigenvalue weighted by Crippen LogP contribution is 2.44. The lowest BCUT2D eigenvalue weighted by molar-refractivity contribution is 0.0521. The van der Waals surface area contributed by atoms with Gasteiger partial charge in [-0.15, -0.1) is 0 Å². The second kappa shape index (κ2) is 5.71. The SMILES string of the molecule is Cc1cccc([C@@H]2c3cc(C)ccc3S(=O)(=O)CC(C)(C)[C@@H]2O)c1. The molecule has 4 heteroatoms. The van der Waals surface area contributed by atoms with E-state index >= 15 is 0 Å². The highest BCUT2D eigenvalue weighted by Gasteiger charge is 2.44. The zero-order chi connectivity index (χ0) is 17.7. The number of aliphatic hydroxyl groups is 1. The van der Waals surface area contributed by atoms with Crippen LogP contribution in [0, 0.1) is 19.3 Å². The van der Waals surface area contributed by atoms with Gasteiger partial charge in [-0.1, -0.05) is 61.4 Å². The number of fused-ring (bicyclic) bond motifs is 1. The van der Waals surface area contributed by atoms with Gasteiger partial charge in [0.25, 0.3) is 0 Å². The van der Waals surface area contributed by atoms with Gasteiger partial charge in [-0.05, 0) is 31.0 Å². The second-order valence-electron chi connectivity index (χ2n) is 7.63. The van der Waals surface area contributed by atoms with Gasteiger partial charge >= 0.3 is 0 Å². The number of benzene rings is 2. The van der Waals surface area contributed by atoms with Crippen LogP contribution < -0.4 is 0 Å². The predicted molar refractivity (Wildman–Crippen MR) is 96.0 cm³/mol. The molecular formula is C20H24O3S. The van der Waals surface area contributed by atoms with E-state index < -0.39 is 21.4 Å². The number of aryl methyl sites for hydroxylation is 2. The Morgan fingerprint density at radius 3 is 2.38 bits per heavy atom. The quantitative estimate of drug-likeness (QED) is 0.860. The van der Waals surface area contributed by atoms with E-state index in [4.69, 9.17) is 0 Å². The smallest absolute Gasteiger partial charge is 0.179 e. The lowest BCUT2D eigenvalue weighted by Gasteiger charge is -2.33. The number of sulfone groups is 1. The summed E-state index contributed by atoms with van der Waals surface area (Å²) in [4.78, 5) is 0.351. The van der Waals surface area contributed by atoms with Crippen molar-refractivity contribution < 1.29 is 13.5 Å². The van der Waals surface area contributed by atoms with E-state index in [1.165, 1.54) is 0 Å². The summed E-state index contributed by atoms with van der Waals surface area (Å²) in [6.45, 7) is 7.61. The predicted octanol–water partition coefficient (Wildman–Crippen LogP) is 3.61. The highest BCUT2D eigenvalue weighted by atomic mass is 32.2. The Morgan fingerprint density at radius 2 is 1.71 bits per heavy atom. The molecule has 0 bridgehead atoms. The number of hydrogen-bond donors (Lipinski definition) is 1. The van der Waals surface area contributed by atoms with E-state index in [2.05, 4.69) is 0 Å². The second-order valence-corrected chi connectivity index (χ2v) is 9.58. The molecule has 1 aliphatic heterocycles. The molecule has 1 heterocycles. The maximum absolute atomic E-state index is 12.9. The molecule has 0 aromatic heterocycles. The first-order valence-electron chi connectivity index (χ1n) is 8.20. The van der Waals surface area contributed by atoms with E-state index in [0.717, 1.165) is 16.7 Å². The number of hydrogen-bond acceptors (Lipinski definition) is 3. The topological polar surface area (TPSA) is 54.4 Å². The molecule has 0 radical (unpaired) electrons. The fraction of sp³-hybridized carbons (Fsp3) is 0.400. The third-order valence-corrected chi connectivity index (χ3v) is 7.08. The third kappa shape index (κ3) is 2.89.